The number of carbonyl (C=O) groups excluding carboxylic acids is 2. The summed E-state index contributed by atoms with van der Waals surface area (Å²) >= 11 is 0. The third-order valence-electron chi connectivity index (χ3n) is 3.58. The van der Waals surface area contributed by atoms with Crippen LogP contribution in [0, 0.1) is 0 Å². The standard InChI is InChI=1S/C16H16N2O6S/c19-15(17-9-11-2-1-6-23-11)5-7-25(21,22)12-3-4-14-13(8-12)18-16(20)10-24-14/h1-4,6,8H,5,7,9-10H2,(H,17,19)(H,18,20). The largest absolute Gasteiger partial charge is 0.482 e. The van der Waals surface area contributed by atoms with Gasteiger partial charge in [-0.15, -0.1) is 0 Å². The molecule has 0 atom stereocenters. The molecule has 2 amide bonds. The van der Waals surface area contributed by atoms with E-state index in [1.165, 1.54) is 24.5 Å². The number of hydrogen-bond acceptors (Lipinski definition) is 6. The molecule has 9 heteroatoms. The maximum absolute atomic E-state index is 12.4. The molecule has 1 aromatic carbocycles. The molecule has 1 aliphatic rings. The van der Waals surface area contributed by atoms with Crippen molar-refractivity contribution < 1.29 is 27.2 Å². The molecule has 0 saturated carbocycles. The lowest BCUT2D eigenvalue weighted by Gasteiger charge is -2.18. The minimum Gasteiger partial charge on any atom is -0.482 e. The Balaban J connectivity index is 1.61. The van der Waals surface area contributed by atoms with Crippen LogP contribution < -0.4 is 15.4 Å². The number of amides is 2. The Morgan fingerprint density at radius 2 is 2.12 bits per heavy atom. The van der Waals surface area contributed by atoms with Gasteiger partial charge < -0.3 is 19.8 Å². The Kier molecular flexibility index (Phi) is 4.75. The van der Waals surface area contributed by atoms with Crippen molar-refractivity contribution >= 4 is 27.3 Å². The molecule has 8 nitrogen and oxygen atoms in total. The molecule has 3 rings (SSSR count). The van der Waals surface area contributed by atoms with Gasteiger partial charge in [0, 0.05) is 6.42 Å². The predicted octanol–water partition coefficient (Wildman–Crippen LogP) is 1.09. The van der Waals surface area contributed by atoms with Gasteiger partial charge >= 0.3 is 0 Å². The first-order valence-electron chi connectivity index (χ1n) is 7.52. The number of rotatable bonds is 6. The van der Waals surface area contributed by atoms with Crippen LogP contribution in [0.25, 0.3) is 0 Å². The van der Waals surface area contributed by atoms with Crippen molar-refractivity contribution in [3.8, 4) is 5.75 Å². The quantitative estimate of drug-likeness (QED) is 0.793. The molecule has 0 spiro atoms. The zero-order chi connectivity index (χ0) is 17.9. The molecule has 0 bridgehead atoms. The topological polar surface area (TPSA) is 115 Å². The van der Waals surface area contributed by atoms with Gasteiger partial charge in [0.25, 0.3) is 5.91 Å². The molecule has 2 N–H and O–H groups in total. The van der Waals surface area contributed by atoms with E-state index in [1.807, 2.05) is 0 Å². The van der Waals surface area contributed by atoms with Gasteiger partial charge in [-0.3, -0.25) is 9.59 Å². The van der Waals surface area contributed by atoms with E-state index in [-0.39, 0.29) is 36.1 Å². The maximum atomic E-state index is 12.4. The number of sulfone groups is 1. The first-order valence-corrected chi connectivity index (χ1v) is 9.18. The summed E-state index contributed by atoms with van der Waals surface area (Å²) in [6.07, 6.45) is 1.31. The van der Waals surface area contributed by atoms with Crippen LogP contribution in [0.2, 0.25) is 0 Å². The molecular formula is C16H16N2O6S. The summed E-state index contributed by atoms with van der Waals surface area (Å²) in [5.41, 5.74) is 0.305. The maximum Gasteiger partial charge on any atom is 0.262 e. The van der Waals surface area contributed by atoms with Gasteiger partial charge in [-0.05, 0) is 30.3 Å². The van der Waals surface area contributed by atoms with Crippen molar-refractivity contribution in [1.29, 1.82) is 0 Å². The van der Waals surface area contributed by atoms with Crippen LogP contribution in [0.15, 0.2) is 45.9 Å². The van der Waals surface area contributed by atoms with Gasteiger partial charge in [-0.1, -0.05) is 0 Å². The van der Waals surface area contributed by atoms with Crippen LogP contribution in [-0.4, -0.2) is 32.6 Å². The Hall–Kier alpha value is -2.81. The van der Waals surface area contributed by atoms with E-state index < -0.39 is 15.7 Å². The Morgan fingerprint density at radius 3 is 2.88 bits per heavy atom. The van der Waals surface area contributed by atoms with Crippen molar-refractivity contribution in [3.63, 3.8) is 0 Å². The summed E-state index contributed by atoms with van der Waals surface area (Å²) in [4.78, 5) is 23.1. The SMILES string of the molecule is O=C(CCS(=O)(=O)c1ccc2c(c1)NC(=O)CO2)NCc1ccco1. The molecule has 2 heterocycles. The van der Waals surface area contributed by atoms with Gasteiger partial charge in [-0.2, -0.15) is 0 Å². The van der Waals surface area contributed by atoms with E-state index in [1.54, 1.807) is 12.1 Å². The third-order valence-corrected chi connectivity index (χ3v) is 5.29. The second-order valence-corrected chi connectivity index (χ2v) is 7.53. The summed E-state index contributed by atoms with van der Waals surface area (Å²) < 4.78 is 35.0. The number of anilines is 1. The van der Waals surface area contributed by atoms with E-state index in [2.05, 4.69) is 10.6 Å². The van der Waals surface area contributed by atoms with Gasteiger partial charge in [0.15, 0.2) is 16.4 Å². The Morgan fingerprint density at radius 1 is 1.28 bits per heavy atom. The van der Waals surface area contributed by atoms with Crippen molar-refractivity contribution in [1.82, 2.24) is 5.32 Å². The molecule has 0 aliphatic carbocycles. The van der Waals surface area contributed by atoms with Gasteiger partial charge in [0.05, 0.1) is 29.1 Å². The van der Waals surface area contributed by atoms with Crippen molar-refractivity contribution in [2.75, 3.05) is 17.7 Å². The number of fused-ring (bicyclic) bond motifs is 1. The van der Waals surface area contributed by atoms with E-state index in [4.69, 9.17) is 9.15 Å². The summed E-state index contributed by atoms with van der Waals surface area (Å²) in [5, 5.41) is 5.15. The molecule has 0 unspecified atom stereocenters. The van der Waals surface area contributed by atoms with Crippen LogP contribution in [0.1, 0.15) is 12.2 Å². The number of carbonyl (C=O) groups is 2. The average molecular weight is 364 g/mol. The summed E-state index contributed by atoms with van der Waals surface area (Å²) in [7, 11) is -3.67. The molecule has 25 heavy (non-hydrogen) atoms. The molecular weight excluding hydrogens is 348 g/mol. The fraction of sp³-hybridized carbons (Fsp3) is 0.250. The minimum atomic E-state index is -3.67. The second kappa shape index (κ2) is 6.98. The molecule has 2 aromatic rings. The Labute approximate surface area is 144 Å². The summed E-state index contributed by atoms with van der Waals surface area (Å²) in [5.74, 6) is -0.0878. The normalized spacial score (nSPS) is 13.5. The zero-order valence-electron chi connectivity index (χ0n) is 13.2. The van der Waals surface area contributed by atoms with E-state index in [0.717, 1.165) is 0 Å². The highest BCUT2D eigenvalue weighted by Gasteiger charge is 2.21. The number of benzene rings is 1. The van der Waals surface area contributed by atoms with Crippen LogP contribution in [0.4, 0.5) is 5.69 Å². The first-order chi connectivity index (χ1) is 11.9. The van der Waals surface area contributed by atoms with Crippen LogP contribution in [0.5, 0.6) is 5.75 Å². The van der Waals surface area contributed by atoms with E-state index >= 15 is 0 Å². The highest BCUT2D eigenvalue weighted by Crippen LogP contribution is 2.30. The molecule has 0 saturated heterocycles. The molecule has 0 radical (unpaired) electrons. The lowest BCUT2D eigenvalue weighted by Crippen LogP contribution is -2.26. The summed E-state index contributed by atoms with van der Waals surface area (Å²) in [6, 6.07) is 7.62. The van der Waals surface area contributed by atoms with E-state index in [0.29, 0.717) is 17.2 Å². The van der Waals surface area contributed by atoms with E-state index in [9.17, 15) is 18.0 Å². The number of ether oxygens (including phenoxy) is 1. The highest BCUT2D eigenvalue weighted by molar-refractivity contribution is 7.91. The van der Waals surface area contributed by atoms with Gasteiger partial charge in [0.2, 0.25) is 5.91 Å². The van der Waals surface area contributed by atoms with Crippen LogP contribution >= 0.6 is 0 Å². The minimum absolute atomic E-state index is 0.0240. The van der Waals surface area contributed by atoms with Crippen molar-refractivity contribution in [2.24, 2.45) is 0 Å². The average Bonchev–Trinajstić information content (AvgIpc) is 3.11. The van der Waals surface area contributed by atoms with Crippen molar-refractivity contribution in [3.05, 3.63) is 42.4 Å². The zero-order valence-corrected chi connectivity index (χ0v) is 14.0. The van der Waals surface area contributed by atoms with Crippen LogP contribution in [0.3, 0.4) is 0 Å². The fourth-order valence-corrected chi connectivity index (χ4v) is 3.55. The highest BCUT2D eigenvalue weighted by atomic mass is 32.2. The lowest BCUT2D eigenvalue weighted by atomic mass is 10.2. The monoisotopic (exact) mass is 364 g/mol. The predicted molar refractivity (Wildman–Crippen MR) is 87.8 cm³/mol. The summed E-state index contributed by atoms with van der Waals surface area (Å²) in [6.45, 7) is 0.100. The molecule has 132 valence electrons. The lowest BCUT2D eigenvalue weighted by molar-refractivity contribution is -0.121. The fourth-order valence-electron chi connectivity index (χ4n) is 2.29. The van der Waals surface area contributed by atoms with Gasteiger partial charge in [0.1, 0.15) is 11.5 Å². The van der Waals surface area contributed by atoms with Crippen LogP contribution in [-0.2, 0) is 26.0 Å². The number of furan rings is 1. The second-order valence-electron chi connectivity index (χ2n) is 5.42. The van der Waals surface area contributed by atoms with Gasteiger partial charge in [-0.25, -0.2) is 8.42 Å². The Bertz CT molecular complexity index is 889. The van der Waals surface area contributed by atoms with Crippen molar-refractivity contribution in [2.45, 2.75) is 17.9 Å². The number of nitrogens with one attached hydrogen (secondary N) is 2. The number of hydrogen-bond donors (Lipinski definition) is 2. The molecule has 0 fully saturated rings. The molecule has 1 aliphatic heterocycles. The third kappa shape index (κ3) is 4.18. The smallest absolute Gasteiger partial charge is 0.262 e. The molecule has 1 aromatic heterocycles. The first kappa shape index (κ1) is 17.0.